The number of aromatic nitrogens is 2. The number of ether oxygens (including phenoxy) is 2. The number of amides is 1. The van der Waals surface area contributed by atoms with Gasteiger partial charge < -0.3 is 14.8 Å². The van der Waals surface area contributed by atoms with Gasteiger partial charge in [0.15, 0.2) is 0 Å². The Morgan fingerprint density at radius 3 is 2.70 bits per heavy atom. The smallest absolute Gasteiger partial charge is 0.222 e. The molecule has 124 valence electrons. The second kappa shape index (κ2) is 7.67. The first-order valence-electron chi connectivity index (χ1n) is 7.55. The van der Waals surface area contributed by atoms with Crippen LogP contribution in [0, 0.1) is 6.92 Å². The molecule has 2 rings (SSSR count). The Morgan fingerprint density at radius 1 is 1.30 bits per heavy atom. The van der Waals surface area contributed by atoms with E-state index in [0.717, 1.165) is 22.8 Å². The van der Waals surface area contributed by atoms with Crippen molar-refractivity contribution in [1.29, 1.82) is 0 Å². The maximum absolute atomic E-state index is 12.1. The minimum Gasteiger partial charge on any atom is -0.497 e. The molecule has 1 aromatic heterocycles. The van der Waals surface area contributed by atoms with Crippen LogP contribution in [0.2, 0.25) is 0 Å². The van der Waals surface area contributed by atoms with E-state index in [-0.39, 0.29) is 11.9 Å². The molecular formula is C17H23N3O3. The second-order valence-electron chi connectivity index (χ2n) is 5.37. The van der Waals surface area contributed by atoms with E-state index in [4.69, 9.17) is 9.47 Å². The summed E-state index contributed by atoms with van der Waals surface area (Å²) >= 11 is 0. The zero-order valence-corrected chi connectivity index (χ0v) is 14.0. The fourth-order valence-electron chi connectivity index (χ4n) is 2.37. The molecule has 1 aromatic carbocycles. The molecule has 0 fully saturated rings. The number of carbonyl (C=O) groups is 1. The molecule has 0 bridgehead atoms. The van der Waals surface area contributed by atoms with Crippen LogP contribution in [0.3, 0.4) is 0 Å². The van der Waals surface area contributed by atoms with E-state index < -0.39 is 0 Å². The minimum absolute atomic E-state index is 0.0319. The Hall–Kier alpha value is -2.50. The predicted molar refractivity (Wildman–Crippen MR) is 87.7 cm³/mol. The van der Waals surface area contributed by atoms with Gasteiger partial charge in [-0.3, -0.25) is 9.48 Å². The average Bonchev–Trinajstić information content (AvgIpc) is 2.97. The van der Waals surface area contributed by atoms with Gasteiger partial charge in [0.05, 0.1) is 26.0 Å². The summed E-state index contributed by atoms with van der Waals surface area (Å²) in [7, 11) is 3.22. The standard InChI is InChI=1S/C17H23N3O3/c1-12-7-9-20(19-12)10-8-17(21)18-13(2)15-11-14(22-3)5-6-16(15)23-4/h5-7,9,11,13H,8,10H2,1-4H3,(H,18,21)/t13-/m1/s1. The first-order valence-corrected chi connectivity index (χ1v) is 7.55. The van der Waals surface area contributed by atoms with Crippen LogP contribution in [0.1, 0.15) is 30.6 Å². The van der Waals surface area contributed by atoms with Crippen LogP contribution < -0.4 is 14.8 Å². The van der Waals surface area contributed by atoms with Gasteiger partial charge in [-0.15, -0.1) is 0 Å². The molecule has 23 heavy (non-hydrogen) atoms. The summed E-state index contributed by atoms with van der Waals surface area (Å²) in [6.07, 6.45) is 2.24. The van der Waals surface area contributed by atoms with Gasteiger partial charge in [0, 0.05) is 24.7 Å². The highest BCUT2D eigenvalue weighted by Gasteiger charge is 2.15. The van der Waals surface area contributed by atoms with E-state index in [2.05, 4.69) is 10.4 Å². The normalized spacial score (nSPS) is 11.8. The first kappa shape index (κ1) is 16.9. The monoisotopic (exact) mass is 317 g/mol. The van der Waals surface area contributed by atoms with Gasteiger partial charge in [0.25, 0.3) is 0 Å². The summed E-state index contributed by atoms with van der Waals surface area (Å²) in [6.45, 7) is 4.41. The van der Waals surface area contributed by atoms with E-state index >= 15 is 0 Å². The van der Waals surface area contributed by atoms with E-state index in [1.54, 1.807) is 18.9 Å². The van der Waals surface area contributed by atoms with Crippen LogP contribution in [0.25, 0.3) is 0 Å². The van der Waals surface area contributed by atoms with E-state index in [1.165, 1.54) is 0 Å². The molecule has 1 atom stereocenters. The topological polar surface area (TPSA) is 65.4 Å². The molecule has 0 aliphatic heterocycles. The largest absolute Gasteiger partial charge is 0.497 e. The van der Waals surface area contributed by atoms with Crippen LogP contribution >= 0.6 is 0 Å². The van der Waals surface area contributed by atoms with Crippen molar-refractivity contribution in [3.63, 3.8) is 0 Å². The number of nitrogens with zero attached hydrogens (tertiary/aromatic N) is 2. The Balaban J connectivity index is 1.97. The number of aryl methyl sites for hydroxylation is 2. The second-order valence-corrected chi connectivity index (χ2v) is 5.37. The third-order valence-corrected chi connectivity index (χ3v) is 3.62. The molecular weight excluding hydrogens is 294 g/mol. The molecule has 0 saturated carbocycles. The number of nitrogens with one attached hydrogen (secondary N) is 1. The molecule has 1 heterocycles. The van der Waals surface area contributed by atoms with Crippen molar-refractivity contribution in [2.45, 2.75) is 32.9 Å². The van der Waals surface area contributed by atoms with Gasteiger partial charge in [-0.05, 0) is 38.1 Å². The van der Waals surface area contributed by atoms with Crippen molar-refractivity contribution in [3.8, 4) is 11.5 Å². The lowest BCUT2D eigenvalue weighted by Gasteiger charge is -2.18. The van der Waals surface area contributed by atoms with Crippen LogP contribution in [-0.2, 0) is 11.3 Å². The highest BCUT2D eigenvalue weighted by molar-refractivity contribution is 5.76. The summed E-state index contributed by atoms with van der Waals surface area (Å²) < 4.78 is 12.4. The lowest BCUT2D eigenvalue weighted by atomic mass is 10.1. The summed E-state index contributed by atoms with van der Waals surface area (Å²) in [4.78, 5) is 12.1. The van der Waals surface area contributed by atoms with Crippen molar-refractivity contribution in [3.05, 3.63) is 41.7 Å². The highest BCUT2D eigenvalue weighted by atomic mass is 16.5. The Labute approximate surface area is 136 Å². The maximum Gasteiger partial charge on any atom is 0.222 e. The quantitative estimate of drug-likeness (QED) is 0.852. The SMILES string of the molecule is COc1ccc(OC)c([C@@H](C)NC(=O)CCn2ccc(C)n2)c1. The molecule has 1 N–H and O–H groups in total. The third kappa shape index (κ3) is 4.48. The van der Waals surface area contributed by atoms with Crippen LogP contribution in [0.15, 0.2) is 30.5 Å². The Kier molecular flexibility index (Phi) is 5.62. The summed E-state index contributed by atoms with van der Waals surface area (Å²) in [5, 5.41) is 7.25. The zero-order valence-electron chi connectivity index (χ0n) is 14.0. The van der Waals surface area contributed by atoms with Crippen molar-refractivity contribution in [2.75, 3.05) is 14.2 Å². The molecule has 6 nitrogen and oxygen atoms in total. The average molecular weight is 317 g/mol. The maximum atomic E-state index is 12.1. The van der Waals surface area contributed by atoms with Crippen molar-refractivity contribution < 1.29 is 14.3 Å². The molecule has 0 unspecified atom stereocenters. The molecule has 1 amide bonds. The van der Waals surface area contributed by atoms with Gasteiger partial charge in [0.2, 0.25) is 5.91 Å². The molecule has 0 aliphatic carbocycles. The van der Waals surface area contributed by atoms with Crippen molar-refractivity contribution >= 4 is 5.91 Å². The molecule has 6 heteroatoms. The lowest BCUT2D eigenvalue weighted by Crippen LogP contribution is -2.27. The van der Waals surface area contributed by atoms with Crippen LogP contribution in [-0.4, -0.2) is 29.9 Å². The van der Waals surface area contributed by atoms with Gasteiger partial charge in [0.1, 0.15) is 11.5 Å². The molecule has 0 spiro atoms. The minimum atomic E-state index is -0.174. The number of carbonyl (C=O) groups excluding carboxylic acids is 1. The number of benzene rings is 1. The zero-order chi connectivity index (χ0) is 16.8. The molecule has 0 aliphatic rings. The van der Waals surface area contributed by atoms with E-state index in [1.807, 2.05) is 44.3 Å². The number of hydrogen-bond acceptors (Lipinski definition) is 4. The fraction of sp³-hybridized carbons (Fsp3) is 0.412. The van der Waals surface area contributed by atoms with Gasteiger partial charge in [-0.2, -0.15) is 5.10 Å². The van der Waals surface area contributed by atoms with E-state index in [0.29, 0.717) is 13.0 Å². The third-order valence-electron chi connectivity index (χ3n) is 3.62. The van der Waals surface area contributed by atoms with Crippen LogP contribution in [0.5, 0.6) is 11.5 Å². The fourth-order valence-corrected chi connectivity index (χ4v) is 2.37. The Morgan fingerprint density at radius 2 is 2.09 bits per heavy atom. The summed E-state index contributed by atoms with van der Waals surface area (Å²) in [5.41, 5.74) is 1.83. The molecule has 0 radical (unpaired) electrons. The van der Waals surface area contributed by atoms with Crippen molar-refractivity contribution in [2.24, 2.45) is 0 Å². The molecule has 0 saturated heterocycles. The lowest BCUT2D eigenvalue weighted by molar-refractivity contribution is -0.122. The van der Waals surface area contributed by atoms with Gasteiger partial charge in [-0.25, -0.2) is 0 Å². The first-order chi connectivity index (χ1) is 11.0. The number of rotatable bonds is 7. The molecule has 2 aromatic rings. The van der Waals surface area contributed by atoms with Crippen molar-refractivity contribution in [1.82, 2.24) is 15.1 Å². The van der Waals surface area contributed by atoms with Gasteiger partial charge >= 0.3 is 0 Å². The number of hydrogen-bond donors (Lipinski definition) is 1. The van der Waals surface area contributed by atoms with Gasteiger partial charge in [-0.1, -0.05) is 0 Å². The van der Waals surface area contributed by atoms with Crippen LogP contribution in [0.4, 0.5) is 0 Å². The Bertz CT molecular complexity index is 667. The summed E-state index contributed by atoms with van der Waals surface area (Å²) in [6, 6.07) is 7.29. The highest BCUT2D eigenvalue weighted by Crippen LogP contribution is 2.29. The summed E-state index contributed by atoms with van der Waals surface area (Å²) in [5.74, 6) is 1.42. The van der Waals surface area contributed by atoms with E-state index in [9.17, 15) is 4.79 Å². The number of methoxy groups -OCH3 is 2. The predicted octanol–water partition coefficient (Wildman–Crippen LogP) is 2.48.